The van der Waals surface area contributed by atoms with Crippen molar-refractivity contribution in [3.8, 4) is 5.75 Å². The Morgan fingerprint density at radius 3 is 2.44 bits per heavy atom. The van der Waals surface area contributed by atoms with Crippen LogP contribution in [-0.2, 0) is 0 Å². The molecule has 0 unspecified atom stereocenters. The number of carbonyl (C=O) groups excluding carboxylic acids is 1. The van der Waals surface area contributed by atoms with Gasteiger partial charge in [-0.3, -0.25) is 4.79 Å². The summed E-state index contributed by atoms with van der Waals surface area (Å²) in [5, 5.41) is 0. The van der Waals surface area contributed by atoms with Gasteiger partial charge in [0.2, 0.25) is 0 Å². The first-order valence-corrected chi connectivity index (χ1v) is 6.66. The maximum Gasteiger partial charge on any atom is 0.253 e. The zero-order chi connectivity index (χ0) is 13.5. The monoisotopic (exact) mass is 249 g/mol. The van der Waals surface area contributed by atoms with Crippen molar-refractivity contribution in [3.05, 3.63) is 29.3 Å². The molecule has 1 amide bonds. The number of ether oxygens (including phenoxy) is 1. The molecule has 1 aromatic rings. The minimum Gasteiger partial charge on any atom is -0.493 e. The van der Waals surface area contributed by atoms with Crippen LogP contribution >= 0.6 is 0 Å². The molecule has 0 spiro atoms. The Kier molecular flexibility index (Phi) is 5.69. The Morgan fingerprint density at radius 2 is 1.89 bits per heavy atom. The van der Waals surface area contributed by atoms with Gasteiger partial charge in [-0.15, -0.1) is 0 Å². The molecule has 0 saturated heterocycles. The molecule has 0 bridgehead atoms. The molecule has 0 aliphatic carbocycles. The van der Waals surface area contributed by atoms with E-state index in [-0.39, 0.29) is 5.91 Å². The fraction of sp³-hybridized carbons (Fsp3) is 0.533. The summed E-state index contributed by atoms with van der Waals surface area (Å²) in [5.41, 5.74) is 1.77. The van der Waals surface area contributed by atoms with Crippen LogP contribution in [-0.4, -0.2) is 30.5 Å². The van der Waals surface area contributed by atoms with E-state index in [1.54, 1.807) is 0 Å². The minimum atomic E-state index is 0.0707. The van der Waals surface area contributed by atoms with E-state index in [0.717, 1.165) is 30.8 Å². The van der Waals surface area contributed by atoms with Crippen molar-refractivity contribution in [2.24, 2.45) is 0 Å². The van der Waals surface area contributed by atoms with Gasteiger partial charge in [0.05, 0.1) is 6.61 Å². The van der Waals surface area contributed by atoms with Gasteiger partial charge in [0.15, 0.2) is 0 Å². The Balaban J connectivity index is 2.93. The molecule has 1 rings (SSSR count). The molecule has 0 aliphatic heterocycles. The summed E-state index contributed by atoms with van der Waals surface area (Å²) in [7, 11) is 0. The van der Waals surface area contributed by atoms with Gasteiger partial charge in [0.1, 0.15) is 5.75 Å². The topological polar surface area (TPSA) is 29.5 Å². The molecule has 3 nitrogen and oxygen atoms in total. The predicted molar refractivity (Wildman–Crippen MR) is 74.2 cm³/mol. The van der Waals surface area contributed by atoms with Gasteiger partial charge in [-0.25, -0.2) is 0 Å². The number of nitrogens with zero attached hydrogens (tertiary/aromatic N) is 1. The van der Waals surface area contributed by atoms with Gasteiger partial charge in [-0.05, 0) is 44.9 Å². The van der Waals surface area contributed by atoms with Crippen LogP contribution in [0.15, 0.2) is 18.2 Å². The first-order chi connectivity index (χ1) is 8.63. The van der Waals surface area contributed by atoms with E-state index in [1.807, 2.05) is 43.9 Å². The van der Waals surface area contributed by atoms with Crippen LogP contribution in [0.1, 0.15) is 43.1 Å². The highest BCUT2D eigenvalue weighted by molar-refractivity contribution is 5.94. The number of amides is 1. The van der Waals surface area contributed by atoms with Crippen LogP contribution in [0, 0.1) is 6.92 Å². The molecule has 18 heavy (non-hydrogen) atoms. The second-order valence-electron chi connectivity index (χ2n) is 4.31. The standard InChI is InChI=1S/C15H23NO2/c1-5-10-18-14-11-13(9-8-12(14)4)15(17)16(6-2)7-3/h8-9,11H,5-7,10H2,1-4H3. The SMILES string of the molecule is CCCOc1cc(C(=O)N(CC)CC)ccc1C. The molecule has 0 aromatic heterocycles. The van der Waals surface area contributed by atoms with E-state index in [4.69, 9.17) is 4.74 Å². The van der Waals surface area contributed by atoms with E-state index in [2.05, 4.69) is 6.92 Å². The lowest BCUT2D eigenvalue weighted by molar-refractivity contribution is 0.0772. The molecule has 0 N–H and O–H groups in total. The minimum absolute atomic E-state index is 0.0707. The number of hydrogen-bond donors (Lipinski definition) is 0. The summed E-state index contributed by atoms with van der Waals surface area (Å²) in [6.45, 7) is 10.2. The van der Waals surface area contributed by atoms with Crippen LogP contribution < -0.4 is 4.74 Å². The maximum atomic E-state index is 12.2. The highest BCUT2D eigenvalue weighted by Crippen LogP contribution is 2.20. The Labute approximate surface area is 110 Å². The van der Waals surface area contributed by atoms with E-state index < -0.39 is 0 Å². The Morgan fingerprint density at radius 1 is 1.22 bits per heavy atom. The maximum absolute atomic E-state index is 12.2. The smallest absolute Gasteiger partial charge is 0.253 e. The van der Waals surface area contributed by atoms with E-state index >= 15 is 0 Å². The second kappa shape index (κ2) is 7.04. The highest BCUT2D eigenvalue weighted by atomic mass is 16.5. The Bertz CT molecular complexity index is 397. The zero-order valence-corrected chi connectivity index (χ0v) is 11.8. The number of benzene rings is 1. The summed E-state index contributed by atoms with van der Waals surface area (Å²) in [4.78, 5) is 14.0. The summed E-state index contributed by atoms with van der Waals surface area (Å²) < 4.78 is 5.65. The quantitative estimate of drug-likeness (QED) is 0.774. The molecule has 0 fully saturated rings. The fourth-order valence-electron chi connectivity index (χ4n) is 1.79. The summed E-state index contributed by atoms with van der Waals surface area (Å²) in [6.07, 6.45) is 0.966. The average molecular weight is 249 g/mol. The molecule has 100 valence electrons. The number of carbonyl (C=O) groups is 1. The lowest BCUT2D eigenvalue weighted by Crippen LogP contribution is -2.30. The van der Waals surface area contributed by atoms with E-state index in [9.17, 15) is 4.79 Å². The van der Waals surface area contributed by atoms with Crippen molar-refractivity contribution in [1.29, 1.82) is 0 Å². The molecular formula is C15H23NO2. The van der Waals surface area contributed by atoms with Crippen LogP contribution in [0.3, 0.4) is 0 Å². The molecule has 0 radical (unpaired) electrons. The summed E-state index contributed by atoms with van der Waals surface area (Å²) >= 11 is 0. The van der Waals surface area contributed by atoms with Crippen LogP contribution in [0.4, 0.5) is 0 Å². The molecule has 1 aromatic carbocycles. The van der Waals surface area contributed by atoms with Crippen molar-refractivity contribution >= 4 is 5.91 Å². The first-order valence-electron chi connectivity index (χ1n) is 6.66. The number of rotatable bonds is 6. The molecule has 0 heterocycles. The number of aryl methyl sites for hydroxylation is 1. The van der Waals surface area contributed by atoms with Crippen molar-refractivity contribution in [3.63, 3.8) is 0 Å². The Hall–Kier alpha value is -1.51. The zero-order valence-electron chi connectivity index (χ0n) is 11.8. The van der Waals surface area contributed by atoms with Crippen LogP contribution in [0.25, 0.3) is 0 Å². The van der Waals surface area contributed by atoms with E-state index in [1.165, 1.54) is 0 Å². The molecule has 0 aliphatic rings. The van der Waals surface area contributed by atoms with Gasteiger partial charge < -0.3 is 9.64 Å². The van der Waals surface area contributed by atoms with Crippen LogP contribution in [0.2, 0.25) is 0 Å². The normalized spacial score (nSPS) is 10.2. The lowest BCUT2D eigenvalue weighted by Gasteiger charge is -2.19. The second-order valence-corrected chi connectivity index (χ2v) is 4.31. The van der Waals surface area contributed by atoms with Gasteiger partial charge in [-0.2, -0.15) is 0 Å². The first kappa shape index (κ1) is 14.6. The van der Waals surface area contributed by atoms with Gasteiger partial charge in [-0.1, -0.05) is 13.0 Å². The van der Waals surface area contributed by atoms with Crippen LogP contribution in [0.5, 0.6) is 5.75 Å². The summed E-state index contributed by atoms with van der Waals surface area (Å²) in [5.74, 6) is 0.885. The third kappa shape index (κ3) is 3.49. The molecule has 3 heteroatoms. The third-order valence-electron chi connectivity index (χ3n) is 2.95. The lowest BCUT2D eigenvalue weighted by atomic mass is 10.1. The molecule has 0 saturated carbocycles. The van der Waals surface area contributed by atoms with Crippen molar-refractivity contribution in [2.45, 2.75) is 34.1 Å². The largest absolute Gasteiger partial charge is 0.493 e. The highest BCUT2D eigenvalue weighted by Gasteiger charge is 2.13. The van der Waals surface area contributed by atoms with E-state index in [0.29, 0.717) is 12.2 Å². The van der Waals surface area contributed by atoms with Gasteiger partial charge in [0, 0.05) is 18.7 Å². The molecule has 0 atom stereocenters. The third-order valence-corrected chi connectivity index (χ3v) is 2.95. The predicted octanol–water partition coefficient (Wildman–Crippen LogP) is 3.27. The number of hydrogen-bond acceptors (Lipinski definition) is 2. The van der Waals surface area contributed by atoms with Gasteiger partial charge in [0.25, 0.3) is 5.91 Å². The van der Waals surface area contributed by atoms with Crippen molar-refractivity contribution in [1.82, 2.24) is 4.90 Å². The average Bonchev–Trinajstić information content (AvgIpc) is 2.39. The van der Waals surface area contributed by atoms with Gasteiger partial charge >= 0.3 is 0 Å². The summed E-state index contributed by atoms with van der Waals surface area (Å²) in [6, 6.07) is 5.67. The van der Waals surface area contributed by atoms with Crippen molar-refractivity contribution < 1.29 is 9.53 Å². The van der Waals surface area contributed by atoms with Crippen molar-refractivity contribution in [2.75, 3.05) is 19.7 Å². The fourth-order valence-corrected chi connectivity index (χ4v) is 1.79. The molecular weight excluding hydrogens is 226 g/mol.